The number of hydrogen-bond acceptors (Lipinski definition) is 7. The fraction of sp³-hybridized carbons (Fsp3) is 0.571. The monoisotopic (exact) mass is 314 g/mol. The lowest BCUT2D eigenvalue weighted by atomic mass is 9.98. The Morgan fingerprint density at radius 3 is 1.68 bits per heavy atom. The predicted molar refractivity (Wildman–Crippen MR) is 55.2 cm³/mol. The van der Waals surface area contributed by atoms with Gasteiger partial charge >= 0.3 is 33.3 Å². The van der Waals surface area contributed by atoms with Gasteiger partial charge < -0.3 is 15.3 Å². The van der Waals surface area contributed by atoms with Crippen LogP contribution in [0.1, 0.15) is 12.8 Å². The first-order valence-electron chi connectivity index (χ1n) is 4.50. The molecule has 0 saturated heterocycles. The van der Waals surface area contributed by atoms with Gasteiger partial charge in [0, 0.05) is 6.42 Å². The van der Waals surface area contributed by atoms with E-state index in [2.05, 4.69) is 0 Å². The third-order valence-electron chi connectivity index (χ3n) is 2.26. The van der Waals surface area contributed by atoms with Crippen LogP contribution in [0.4, 0.5) is 0 Å². The zero-order valence-electron chi connectivity index (χ0n) is 9.09. The fourth-order valence-corrected chi connectivity index (χ4v) is 2.81. The van der Waals surface area contributed by atoms with Gasteiger partial charge in [0.25, 0.3) is 0 Å². The summed E-state index contributed by atoms with van der Waals surface area (Å²) in [4.78, 5) is 32.1. The molecule has 2 atom stereocenters. The van der Waals surface area contributed by atoms with Gasteiger partial charge in [0.2, 0.25) is 0 Å². The Kier molecular flexibility index (Phi) is 5.80. The first-order valence-corrected chi connectivity index (χ1v) is 6.93. The topological polar surface area (TPSA) is 180 Å². The number of hydrogen-bond donors (Lipinski definition) is 3. The zero-order valence-corrected chi connectivity index (χ0v) is 10.9. The summed E-state index contributed by atoms with van der Waals surface area (Å²) < 4.78 is 43.3. The number of carboxylic acids is 3. The molecule has 0 aliphatic heterocycles. The second-order valence-corrected chi connectivity index (χ2v) is 6.07. The van der Waals surface area contributed by atoms with Crippen molar-refractivity contribution in [3.63, 3.8) is 0 Å². The number of rotatable bonds is 8. The van der Waals surface area contributed by atoms with Crippen LogP contribution in [0.5, 0.6) is 0 Å². The Hall–Kier alpha value is -1.79. The SMILES string of the molecule is O=C(O)CC(CC(C(=O)O)P(=O)=O)(C(=O)O)P(=O)=O. The minimum atomic E-state index is -3.91. The average Bonchev–Trinajstić information content (AvgIpc) is 2.21. The molecule has 10 nitrogen and oxygen atoms in total. The Morgan fingerprint density at radius 2 is 1.47 bits per heavy atom. The van der Waals surface area contributed by atoms with Crippen molar-refractivity contribution in [2.24, 2.45) is 0 Å². The van der Waals surface area contributed by atoms with Crippen LogP contribution in [0.2, 0.25) is 0 Å². The third kappa shape index (κ3) is 4.11. The van der Waals surface area contributed by atoms with E-state index in [0.717, 1.165) is 0 Å². The first kappa shape index (κ1) is 17.2. The highest BCUT2D eigenvalue weighted by atomic mass is 31.1. The molecule has 106 valence electrons. The van der Waals surface area contributed by atoms with Gasteiger partial charge in [0.15, 0.2) is 10.8 Å². The predicted octanol–water partition coefficient (Wildman–Crippen LogP) is 0.474. The van der Waals surface area contributed by atoms with Crippen LogP contribution in [0.3, 0.4) is 0 Å². The third-order valence-corrected chi connectivity index (χ3v) is 4.41. The largest absolute Gasteiger partial charge is 0.481 e. The van der Waals surface area contributed by atoms with E-state index in [1.54, 1.807) is 0 Å². The highest BCUT2D eigenvalue weighted by molar-refractivity contribution is 7.35. The summed E-state index contributed by atoms with van der Waals surface area (Å²) >= 11 is 0. The van der Waals surface area contributed by atoms with Crippen LogP contribution in [-0.4, -0.2) is 44.0 Å². The van der Waals surface area contributed by atoms with Gasteiger partial charge in [-0.3, -0.25) is 14.4 Å². The molecule has 0 amide bonds. The molecule has 0 bridgehead atoms. The van der Waals surface area contributed by atoms with Crippen LogP contribution in [0.15, 0.2) is 0 Å². The smallest absolute Gasteiger partial charge is 0.334 e. The van der Waals surface area contributed by atoms with Gasteiger partial charge in [-0.05, 0) is 0 Å². The van der Waals surface area contributed by atoms with Crippen LogP contribution in [0, 0.1) is 0 Å². The maximum absolute atomic E-state index is 11.0. The van der Waals surface area contributed by atoms with Crippen LogP contribution < -0.4 is 0 Å². The quantitative estimate of drug-likeness (QED) is 0.533. The van der Waals surface area contributed by atoms with Gasteiger partial charge in [-0.15, -0.1) is 0 Å². The van der Waals surface area contributed by atoms with E-state index in [4.69, 9.17) is 15.3 Å². The van der Waals surface area contributed by atoms with Crippen LogP contribution >= 0.6 is 15.4 Å². The van der Waals surface area contributed by atoms with Crippen molar-refractivity contribution in [1.29, 1.82) is 0 Å². The molecule has 0 radical (unpaired) electrons. The molecule has 0 heterocycles. The van der Waals surface area contributed by atoms with Crippen molar-refractivity contribution in [3.05, 3.63) is 0 Å². The average molecular weight is 314 g/mol. The van der Waals surface area contributed by atoms with Crippen LogP contribution in [0.25, 0.3) is 0 Å². The zero-order chi connectivity index (χ0) is 15.4. The lowest BCUT2D eigenvalue weighted by Gasteiger charge is -2.20. The van der Waals surface area contributed by atoms with E-state index < -0.39 is 56.9 Å². The lowest BCUT2D eigenvalue weighted by Crippen LogP contribution is -2.40. The normalized spacial score (nSPS) is 14.9. The summed E-state index contributed by atoms with van der Waals surface area (Å²) in [6.45, 7) is 0. The van der Waals surface area contributed by atoms with E-state index in [-0.39, 0.29) is 0 Å². The Bertz CT molecular complexity index is 528. The molecular weight excluding hydrogens is 306 g/mol. The Labute approximate surface area is 106 Å². The van der Waals surface area contributed by atoms with Gasteiger partial charge in [0.1, 0.15) is 0 Å². The maximum Gasteiger partial charge on any atom is 0.334 e. The summed E-state index contributed by atoms with van der Waals surface area (Å²) in [5.41, 5.74) is -2.31. The molecule has 3 N–H and O–H groups in total. The summed E-state index contributed by atoms with van der Waals surface area (Å²) in [5, 5.41) is 22.9. The highest BCUT2D eigenvalue weighted by Crippen LogP contribution is 2.41. The minimum absolute atomic E-state index is 1.37. The maximum atomic E-state index is 11.0. The van der Waals surface area contributed by atoms with E-state index in [1.807, 2.05) is 0 Å². The van der Waals surface area contributed by atoms with Crippen LogP contribution in [-0.2, 0) is 32.6 Å². The second-order valence-electron chi connectivity index (χ2n) is 3.51. The molecule has 0 fully saturated rings. The van der Waals surface area contributed by atoms with Crippen molar-refractivity contribution in [3.8, 4) is 0 Å². The van der Waals surface area contributed by atoms with E-state index >= 15 is 0 Å². The number of aliphatic carboxylic acids is 3. The van der Waals surface area contributed by atoms with Crippen molar-refractivity contribution in [2.75, 3.05) is 0 Å². The summed E-state index contributed by atoms with van der Waals surface area (Å²) in [5.74, 6) is -5.88. The fourth-order valence-electron chi connectivity index (χ4n) is 1.27. The summed E-state index contributed by atoms with van der Waals surface area (Å²) in [6.07, 6.45) is -2.81. The van der Waals surface area contributed by atoms with Gasteiger partial charge in [0.05, 0.1) is 6.42 Å². The molecule has 0 aliphatic rings. The molecule has 19 heavy (non-hydrogen) atoms. The highest BCUT2D eigenvalue weighted by Gasteiger charge is 2.51. The standard InChI is InChI=1S/C7H8O10P2/c8-4(9)2-7(6(12)13,19(16)17)1-3(5(10)11)18(14)15/h3H,1-2H2,(H,8,9)(H,10,11)(H,12,13). The molecule has 0 saturated carbocycles. The Balaban J connectivity index is 5.78. The van der Waals surface area contributed by atoms with E-state index in [9.17, 15) is 32.6 Å². The first-order chi connectivity index (χ1) is 8.54. The van der Waals surface area contributed by atoms with Crippen molar-refractivity contribution < 1.29 is 48.0 Å². The molecule has 0 aromatic rings. The second kappa shape index (κ2) is 6.40. The van der Waals surface area contributed by atoms with Gasteiger partial charge in [-0.2, -0.15) is 0 Å². The van der Waals surface area contributed by atoms with Crippen molar-refractivity contribution in [2.45, 2.75) is 23.7 Å². The molecule has 12 heteroatoms. The van der Waals surface area contributed by atoms with E-state index in [1.165, 1.54) is 0 Å². The van der Waals surface area contributed by atoms with Crippen molar-refractivity contribution in [1.82, 2.24) is 0 Å². The lowest BCUT2D eigenvalue weighted by molar-refractivity contribution is -0.147. The molecule has 2 unspecified atom stereocenters. The molecule has 0 aliphatic carbocycles. The number of carboxylic acid groups (broad SMARTS) is 3. The molecule has 0 aromatic carbocycles. The minimum Gasteiger partial charge on any atom is -0.481 e. The van der Waals surface area contributed by atoms with Crippen molar-refractivity contribution >= 4 is 33.3 Å². The molecular formula is C7H8O10P2. The van der Waals surface area contributed by atoms with Gasteiger partial charge in [-0.1, -0.05) is 0 Å². The summed E-state index contributed by atoms with van der Waals surface area (Å²) in [6, 6.07) is 0. The van der Waals surface area contributed by atoms with Gasteiger partial charge in [-0.25, -0.2) is 18.3 Å². The molecule has 0 aromatic heterocycles. The Morgan fingerprint density at radius 1 is 1.00 bits per heavy atom. The summed E-state index contributed by atoms with van der Waals surface area (Å²) in [7, 11) is -7.58. The molecule has 0 spiro atoms. The number of carbonyl (C=O) groups is 3. The van der Waals surface area contributed by atoms with E-state index in [0.29, 0.717) is 0 Å². The molecule has 0 rings (SSSR count).